The number of fused-ring (bicyclic) bond motifs is 4. The van der Waals surface area contributed by atoms with Gasteiger partial charge in [0.15, 0.2) is 5.79 Å². The van der Waals surface area contributed by atoms with Crippen molar-refractivity contribution in [2.75, 3.05) is 13.2 Å². The van der Waals surface area contributed by atoms with E-state index >= 15 is 0 Å². The molecule has 0 aromatic rings. The van der Waals surface area contributed by atoms with Crippen LogP contribution in [0.4, 0.5) is 0 Å². The molecule has 4 nitrogen and oxygen atoms in total. The normalized spacial score (nSPS) is 47.0. The van der Waals surface area contributed by atoms with Crippen LogP contribution in [0.2, 0.25) is 0 Å². The maximum Gasteiger partial charge on any atom is 0.330 e. The SMILES string of the molecule is C[C@]12CC[C@H]3OC(=O)C=C[C@H]3[C@@H]1CCC21OCCO1. The maximum atomic E-state index is 11.4. The zero-order valence-corrected chi connectivity index (χ0v) is 11.3. The lowest BCUT2D eigenvalue weighted by atomic mass is 9.61. The molecule has 4 rings (SSSR count). The van der Waals surface area contributed by atoms with Crippen LogP contribution in [0.3, 0.4) is 0 Å². The van der Waals surface area contributed by atoms with Gasteiger partial charge in [0.05, 0.1) is 13.2 Å². The van der Waals surface area contributed by atoms with Gasteiger partial charge >= 0.3 is 5.97 Å². The summed E-state index contributed by atoms with van der Waals surface area (Å²) in [6.45, 7) is 3.72. The summed E-state index contributed by atoms with van der Waals surface area (Å²) in [6, 6.07) is 0. The van der Waals surface area contributed by atoms with Crippen LogP contribution >= 0.6 is 0 Å². The Labute approximate surface area is 113 Å². The van der Waals surface area contributed by atoms with E-state index in [2.05, 4.69) is 13.0 Å². The number of ether oxygens (including phenoxy) is 3. The first kappa shape index (κ1) is 11.9. The third-order valence-corrected chi connectivity index (χ3v) is 5.79. The average molecular weight is 264 g/mol. The maximum absolute atomic E-state index is 11.4. The van der Waals surface area contributed by atoms with Gasteiger partial charge in [0.25, 0.3) is 0 Å². The van der Waals surface area contributed by atoms with Crippen LogP contribution in [0, 0.1) is 17.3 Å². The monoisotopic (exact) mass is 264 g/mol. The summed E-state index contributed by atoms with van der Waals surface area (Å²) in [5, 5.41) is 0. The molecular weight excluding hydrogens is 244 g/mol. The Bertz CT molecular complexity index is 437. The number of carbonyl (C=O) groups excluding carboxylic acids is 1. The molecule has 2 aliphatic heterocycles. The lowest BCUT2D eigenvalue weighted by molar-refractivity contribution is -0.240. The molecule has 4 aliphatic rings. The molecule has 4 heteroatoms. The minimum absolute atomic E-state index is 0.0543. The van der Waals surface area contributed by atoms with Gasteiger partial charge in [-0.1, -0.05) is 13.0 Å². The van der Waals surface area contributed by atoms with E-state index in [4.69, 9.17) is 14.2 Å². The highest BCUT2D eigenvalue weighted by atomic mass is 16.7. The van der Waals surface area contributed by atoms with Crippen LogP contribution in [0.5, 0.6) is 0 Å². The molecule has 104 valence electrons. The van der Waals surface area contributed by atoms with Gasteiger partial charge in [-0.25, -0.2) is 4.79 Å². The molecule has 0 amide bonds. The lowest BCUT2D eigenvalue weighted by Gasteiger charge is -2.50. The fraction of sp³-hybridized carbons (Fsp3) is 0.800. The van der Waals surface area contributed by atoms with Gasteiger partial charge < -0.3 is 14.2 Å². The van der Waals surface area contributed by atoms with Gasteiger partial charge in [0.2, 0.25) is 0 Å². The van der Waals surface area contributed by atoms with Gasteiger partial charge in [-0.05, 0) is 25.2 Å². The summed E-state index contributed by atoms with van der Waals surface area (Å²) >= 11 is 0. The predicted octanol–water partition coefficient (Wildman–Crippen LogP) is 2.04. The van der Waals surface area contributed by atoms with E-state index in [9.17, 15) is 4.79 Å². The lowest BCUT2D eigenvalue weighted by Crippen LogP contribution is -2.53. The minimum atomic E-state index is -0.377. The number of carbonyl (C=O) groups is 1. The zero-order valence-electron chi connectivity index (χ0n) is 11.3. The predicted molar refractivity (Wildman–Crippen MR) is 67.2 cm³/mol. The van der Waals surface area contributed by atoms with E-state index in [-0.39, 0.29) is 23.3 Å². The molecule has 2 saturated carbocycles. The van der Waals surface area contributed by atoms with Gasteiger partial charge in [-0.3, -0.25) is 0 Å². The third-order valence-electron chi connectivity index (χ3n) is 5.79. The number of hydrogen-bond donors (Lipinski definition) is 0. The standard InChI is InChI=1S/C15H20O4/c1-14-6-5-12-10(2-3-13(16)19-12)11(14)4-7-15(14)17-8-9-18-15/h2-3,10-12H,4-9H2,1H3/t10-,11-,12+,14-/m0/s1. The summed E-state index contributed by atoms with van der Waals surface area (Å²) in [5.41, 5.74) is 0.0543. The molecule has 19 heavy (non-hydrogen) atoms. The number of hydrogen-bond acceptors (Lipinski definition) is 4. The van der Waals surface area contributed by atoms with Crippen molar-refractivity contribution in [2.24, 2.45) is 17.3 Å². The zero-order chi connectivity index (χ0) is 13.1. The largest absolute Gasteiger partial charge is 0.459 e. The van der Waals surface area contributed by atoms with Gasteiger partial charge in [-0.15, -0.1) is 0 Å². The van der Waals surface area contributed by atoms with E-state index in [0.29, 0.717) is 25.0 Å². The molecule has 3 fully saturated rings. The van der Waals surface area contributed by atoms with Gasteiger partial charge in [0, 0.05) is 23.8 Å². The Morgan fingerprint density at radius 3 is 2.79 bits per heavy atom. The highest BCUT2D eigenvalue weighted by molar-refractivity contribution is 5.83. The van der Waals surface area contributed by atoms with Crippen molar-refractivity contribution in [3.8, 4) is 0 Å². The minimum Gasteiger partial charge on any atom is -0.459 e. The Morgan fingerprint density at radius 1 is 1.21 bits per heavy atom. The highest BCUT2D eigenvalue weighted by Gasteiger charge is 2.65. The van der Waals surface area contributed by atoms with E-state index in [1.807, 2.05) is 0 Å². The van der Waals surface area contributed by atoms with Crippen LogP contribution < -0.4 is 0 Å². The van der Waals surface area contributed by atoms with E-state index in [1.54, 1.807) is 6.08 Å². The van der Waals surface area contributed by atoms with Crippen molar-refractivity contribution in [2.45, 2.75) is 44.5 Å². The second kappa shape index (κ2) is 3.83. The van der Waals surface area contributed by atoms with Crippen molar-refractivity contribution >= 4 is 5.97 Å². The van der Waals surface area contributed by atoms with Crippen LogP contribution in [0.25, 0.3) is 0 Å². The summed E-state index contributed by atoms with van der Waals surface area (Å²) in [6.07, 6.45) is 7.72. The first-order chi connectivity index (χ1) is 9.15. The van der Waals surface area contributed by atoms with Crippen LogP contribution in [-0.2, 0) is 19.0 Å². The molecule has 4 atom stereocenters. The van der Waals surface area contributed by atoms with E-state index < -0.39 is 0 Å². The Morgan fingerprint density at radius 2 is 2.00 bits per heavy atom. The van der Waals surface area contributed by atoms with Crippen LogP contribution in [0.1, 0.15) is 32.6 Å². The number of esters is 1. The summed E-state index contributed by atoms with van der Waals surface area (Å²) in [5.74, 6) is 0.265. The molecule has 1 spiro atoms. The summed E-state index contributed by atoms with van der Waals surface area (Å²) < 4.78 is 17.5. The number of rotatable bonds is 0. The molecule has 2 aliphatic carbocycles. The van der Waals surface area contributed by atoms with Crippen LogP contribution in [0.15, 0.2) is 12.2 Å². The molecule has 0 aromatic carbocycles. The van der Waals surface area contributed by atoms with Crippen LogP contribution in [-0.4, -0.2) is 31.1 Å². The molecule has 1 saturated heterocycles. The second-order valence-electron chi connectivity index (χ2n) is 6.46. The molecule has 0 N–H and O–H groups in total. The molecule has 0 aromatic heterocycles. The highest BCUT2D eigenvalue weighted by Crippen LogP contribution is 2.62. The smallest absolute Gasteiger partial charge is 0.330 e. The van der Waals surface area contributed by atoms with Gasteiger partial charge in [0.1, 0.15) is 6.10 Å². The summed E-state index contributed by atoms with van der Waals surface area (Å²) in [4.78, 5) is 11.4. The Balaban J connectivity index is 1.69. The Hall–Kier alpha value is -0.870. The first-order valence-electron chi connectivity index (χ1n) is 7.31. The molecular formula is C15H20O4. The summed E-state index contributed by atoms with van der Waals surface area (Å²) in [7, 11) is 0. The fourth-order valence-electron chi connectivity index (χ4n) is 4.82. The van der Waals surface area contributed by atoms with Crippen molar-refractivity contribution in [1.29, 1.82) is 0 Å². The van der Waals surface area contributed by atoms with Crippen molar-refractivity contribution in [1.82, 2.24) is 0 Å². The van der Waals surface area contributed by atoms with Crippen molar-refractivity contribution in [3.05, 3.63) is 12.2 Å². The first-order valence-corrected chi connectivity index (χ1v) is 7.31. The molecule has 0 bridgehead atoms. The van der Waals surface area contributed by atoms with Gasteiger partial charge in [-0.2, -0.15) is 0 Å². The van der Waals surface area contributed by atoms with E-state index in [0.717, 1.165) is 25.7 Å². The van der Waals surface area contributed by atoms with Crippen molar-refractivity contribution < 1.29 is 19.0 Å². The molecule has 2 heterocycles. The molecule has 0 radical (unpaired) electrons. The van der Waals surface area contributed by atoms with E-state index in [1.165, 1.54) is 0 Å². The fourth-order valence-corrected chi connectivity index (χ4v) is 4.82. The Kier molecular flexibility index (Phi) is 2.40. The molecule has 0 unspecified atom stereocenters. The average Bonchev–Trinajstić information content (AvgIpc) is 2.98. The van der Waals surface area contributed by atoms with Crippen molar-refractivity contribution in [3.63, 3.8) is 0 Å². The topological polar surface area (TPSA) is 44.8 Å². The quantitative estimate of drug-likeness (QED) is 0.628. The second-order valence-corrected chi connectivity index (χ2v) is 6.46. The third kappa shape index (κ3) is 1.44.